The Bertz CT molecular complexity index is 516. The molecule has 1 aliphatic rings. The molecule has 0 bridgehead atoms. The van der Waals surface area contributed by atoms with Gasteiger partial charge in [-0.2, -0.15) is 24.9 Å². The lowest BCUT2D eigenvalue weighted by Crippen LogP contribution is -2.31. The van der Waals surface area contributed by atoms with Crippen molar-refractivity contribution < 1.29 is 22.4 Å². The molecule has 0 N–H and O–H groups in total. The summed E-state index contributed by atoms with van der Waals surface area (Å²) >= 11 is 3.07. The third-order valence-corrected chi connectivity index (χ3v) is 6.09. The summed E-state index contributed by atoms with van der Waals surface area (Å²) in [6.07, 6.45) is -4.79. The number of alkyl halides is 3. The second-order valence-electron chi connectivity index (χ2n) is 4.42. The molecule has 1 nitrogen and oxygen atoms in total. The van der Waals surface area contributed by atoms with Gasteiger partial charge in [0.2, 0.25) is 0 Å². The van der Waals surface area contributed by atoms with Gasteiger partial charge in [0.15, 0.2) is 5.78 Å². The van der Waals surface area contributed by atoms with Crippen molar-refractivity contribution in [2.45, 2.75) is 23.6 Å². The fraction of sp³-hybridized carbons (Fsp3) is 0.462. The maximum absolute atomic E-state index is 13.2. The molecule has 1 saturated heterocycles. The number of Topliss-reactive ketones (excluding diaryl/α,β-unsaturated/α-hetero) is 1. The van der Waals surface area contributed by atoms with Crippen molar-refractivity contribution in [1.82, 2.24) is 0 Å². The molecule has 1 fully saturated rings. The average Bonchev–Trinajstić information content (AvgIpc) is 2.37. The Hall–Kier alpha value is -0.690. The summed E-state index contributed by atoms with van der Waals surface area (Å²) in [7, 11) is 0. The van der Waals surface area contributed by atoms with Crippen LogP contribution in [0.3, 0.4) is 0 Å². The minimum atomic E-state index is -4.79. The molecular weight excluding hydrogens is 312 g/mol. The molecule has 1 aromatic rings. The Morgan fingerprint density at radius 1 is 1.25 bits per heavy atom. The first-order valence-electron chi connectivity index (χ1n) is 5.95. The van der Waals surface area contributed by atoms with Crippen LogP contribution in [0.25, 0.3) is 0 Å². The highest BCUT2D eigenvalue weighted by molar-refractivity contribution is 8.07. The van der Waals surface area contributed by atoms with Crippen molar-refractivity contribution in [3.63, 3.8) is 0 Å². The molecule has 0 spiro atoms. The number of carbonyl (C=O) groups is 1. The van der Waals surface area contributed by atoms with Gasteiger partial charge in [0.25, 0.3) is 0 Å². The zero-order valence-electron chi connectivity index (χ0n) is 10.5. The molecule has 2 atom stereocenters. The minimum absolute atomic E-state index is 0.0423. The zero-order valence-corrected chi connectivity index (χ0v) is 12.2. The number of thioether (sulfide) groups is 2. The van der Waals surface area contributed by atoms with E-state index in [1.807, 2.05) is 6.92 Å². The Morgan fingerprint density at radius 3 is 2.50 bits per heavy atom. The first-order valence-corrected chi connectivity index (χ1v) is 8.04. The van der Waals surface area contributed by atoms with Gasteiger partial charge < -0.3 is 0 Å². The van der Waals surface area contributed by atoms with Crippen LogP contribution < -0.4 is 0 Å². The number of hydrogen-bond donors (Lipinski definition) is 0. The van der Waals surface area contributed by atoms with Crippen LogP contribution >= 0.6 is 23.5 Å². The van der Waals surface area contributed by atoms with Crippen molar-refractivity contribution >= 4 is 29.3 Å². The Balaban J connectivity index is 2.31. The summed E-state index contributed by atoms with van der Waals surface area (Å²) in [5.74, 6) is -0.000985. The summed E-state index contributed by atoms with van der Waals surface area (Å²) in [4.78, 5) is 12.3. The molecular formula is C13H12F4OS2. The van der Waals surface area contributed by atoms with Crippen molar-refractivity contribution in [2.24, 2.45) is 0 Å². The highest BCUT2D eigenvalue weighted by atomic mass is 32.2. The van der Waals surface area contributed by atoms with E-state index in [4.69, 9.17) is 0 Å². The largest absolute Gasteiger partial charge is 0.419 e. The third-order valence-electron chi connectivity index (χ3n) is 3.00. The van der Waals surface area contributed by atoms with E-state index >= 15 is 0 Å². The topological polar surface area (TPSA) is 17.1 Å². The van der Waals surface area contributed by atoms with Gasteiger partial charge in [0.1, 0.15) is 5.82 Å². The molecule has 7 heteroatoms. The molecule has 0 aliphatic carbocycles. The van der Waals surface area contributed by atoms with Crippen molar-refractivity contribution in [2.75, 3.05) is 11.5 Å². The van der Waals surface area contributed by atoms with Crippen molar-refractivity contribution in [1.29, 1.82) is 0 Å². The second-order valence-corrected chi connectivity index (χ2v) is 7.16. The van der Waals surface area contributed by atoms with Crippen LogP contribution in [0.15, 0.2) is 18.2 Å². The molecule has 0 aromatic heterocycles. The maximum Gasteiger partial charge on any atom is 0.419 e. The number of benzene rings is 1. The summed E-state index contributed by atoms with van der Waals surface area (Å²) < 4.78 is 51.2. The lowest BCUT2D eigenvalue weighted by atomic mass is 10.0. The van der Waals surface area contributed by atoms with E-state index in [9.17, 15) is 22.4 Å². The summed E-state index contributed by atoms with van der Waals surface area (Å²) in [5, 5.41) is -0.332. The van der Waals surface area contributed by atoms with Gasteiger partial charge in [0, 0.05) is 22.3 Å². The molecule has 0 saturated carbocycles. The second kappa shape index (κ2) is 5.97. The van der Waals surface area contributed by atoms with Crippen LogP contribution in [0.4, 0.5) is 17.6 Å². The van der Waals surface area contributed by atoms with Crippen molar-refractivity contribution in [3.8, 4) is 0 Å². The molecule has 0 amide bonds. The molecule has 2 rings (SSSR count). The molecule has 1 aromatic carbocycles. The van der Waals surface area contributed by atoms with Crippen LogP contribution in [0.1, 0.15) is 22.8 Å². The Labute approximate surface area is 122 Å². The van der Waals surface area contributed by atoms with E-state index in [1.54, 1.807) is 11.8 Å². The first-order chi connectivity index (χ1) is 9.30. The van der Waals surface area contributed by atoms with E-state index in [0.29, 0.717) is 12.1 Å². The standard InChI is InChI=1S/C13H12F4OS2/c1-7-12(20-5-4-19-7)11(18)8-2-3-10(14)9(6-8)13(15,16)17/h2-3,6-7,12H,4-5H2,1H3. The lowest BCUT2D eigenvalue weighted by molar-refractivity contribution is -0.140. The number of carbonyl (C=O) groups excluding carboxylic acids is 1. The summed E-state index contributed by atoms with van der Waals surface area (Å²) in [5.41, 5.74) is -1.46. The zero-order chi connectivity index (χ0) is 14.9. The smallest absolute Gasteiger partial charge is 0.293 e. The fourth-order valence-electron chi connectivity index (χ4n) is 1.98. The van der Waals surface area contributed by atoms with Gasteiger partial charge >= 0.3 is 6.18 Å². The molecule has 1 heterocycles. The number of halogens is 4. The average molecular weight is 324 g/mol. The van der Waals surface area contributed by atoms with Crippen LogP contribution in [0.2, 0.25) is 0 Å². The predicted molar refractivity (Wildman–Crippen MR) is 73.9 cm³/mol. The lowest BCUT2D eigenvalue weighted by Gasteiger charge is -2.26. The van der Waals surface area contributed by atoms with E-state index in [2.05, 4.69) is 0 Å². The monoisotopic (exact) mass is 324 g/mol. The molecule has 1 aliphatic heterocycles. The quantitative estimate of drug-likeness (QED) is 0.597. The summed E-state index contributed by atoms with van der Waals surface area (Å²) in [6.45, 7) is 1.88. The SMILES string of the molecule is CC1SCCSC1C(=O)c1ccc(F)c(C(F)(F)F)c1. The van der Waals surface area contributed by atoms with Gasteiger partial charge in [-0.3, -0.25) is 4.79 Å². The maximum atomic E-state index is 13.2. The molecule has 110 valence electrons. The Morgan fingerprint density at radius 2 is 1.90 bits per heavy atom. The summed E-state index contributed by atoms with van der Waals surface area (Å²) in [6, 6.07) is 2.45. The van der Waals surface area contributed by atoms with Crippen LogP contribution in [-0.2, 0) is 6.18 Å². The van der Waals surface area contributed by atoms with E-state index in [-0.39, 0.29) is 21.8 Å². The third kappa shape index (κ3) is 3.31. The van der Waals surface area contributed by atoms with Crippen LogP contribution in [-0.4, -0.2) is 27.8 Å². The number of rotatable bonds is 2. The van der Waals surface area contributed by atoms with E-state index in [0.717, 1.165) is 17.6 Å². The van der Waals surface area contributed by atoms with Gasteiger partial charge in [-0.15, -0.1) is 11.8 Å². The minimum Gasteiger partial charge on any atom is -0.293 e. The predicted octanol–water partition coefficient (Wildman–Crippen LogP) is 4.26. The van der Waals surface area contributed by atoms with Crippen LogP contribution in [0, 0.1) is 5.82 Å². The Kier molecular flexibility index (Phi) is 4.69. The fourth-order valence-corrected chi connectivity index (χ4v) is 4.70. The van der Waals surface area contributed by atoms with E-state index in [1.165, 1.54) is 11.8 Å². The molecule has 2 unspecified atom stereocenters. The van der Waals surface area contributed by atoms with Gasteiger partial charge in [-0.05, 0) is 18.2 Å². The highest BCUT2D eigenvalue weighted by Crippen LogP contribution is 2.35. The van der Waals surface area contributed by atoms with E-state index < -0.39 is 17.6 Å². The van der Waals surface area contributed by atoms with Gasteiger partial charge in [-0.25, -0.2) is 4.39 Å². The highest BCUT2D eigenvalue weighted by Gasteiger charge is 2.36. The van der Waals surface area contributed by atoms with Crippen LogP contribution in [0.5, 0.6) is 0 Å². The normalized spacial score (nSPS) is 23.6. The van der Waals surface area contributed by atoms with Crippen molar-refractivity contribution in [3.05, 3.63) is 35.1 Å². The first kappa shape index (κ1) is 15.7. The number of hydrogen-bond acceptors (Lipinski definition) is 3. The molecule has 0 radical (unpaired) electrons. The number of ketones is 1. The molecule has 20 heavy (non-hydrogen) atoms. The van der Waals surface area contributed by atoms with Gasteiger partial charge in [0.05, 0.1) is 10.8 Å². The van der Waals surface area contributed by atoms with Gasteiger partial charge in [-0.1, -0.05) is 6.92 Å².